The number of benzene rings is 1. The molecule has 0 radical (unpaired) electrons. The Labute approximate surface area is 143 Å². The number of aryl methyl sites for hydroxylation is 1. The van der Waals surface area contributed by atoms with Gasteiger partial charge >= 0.3 is 0 Å². The van der Waals surface area contributed by atoms with Gasteiger partial charge in [0, 0.05) is 25.7 Å². The zero-order chi connectivity index (χ0) is 16.8. The van der Waals surface area contributed by atoms with Crippen molar-refractivity contribution in [3.63, 3.8) is 0 Å². The lowest BCUT2D eigenvalue weighted by atomic mass is 10.2. The Balaban J connectivity index is 1.82. The molecule has 1 aliphatic rings. The molecule has 24 heavy (non-hydrogen) atoms. The van der Waals surface area contributed by atoms with E-state index < -0.39 is 0 Å². The molecule has 0 atom stereocenters. The minimum atomic E-state index is 0.752. The van der Waals surface area contributed by atoms with Crippen molar-refractivity contribution in [2.45, 2.75) is 20.3 Å². The maximum absolute atomic E-state index is 5.46. The first kappa shape index (κ1) is 16.5. The number of ether oxygens (including phenoxy) is 1. The third-order valence-electron chi connectivity index (χ3n) is 3.91. The molecule has 1 aromatic heterocycles. The van der Waals surface area contributed by atoms with Crippen LogP contribution in [0.1, 0.15) is 19.2 Å². The van der Waals surface area contributed by atoms with Crippen molar-refractivity contribution >= 4 is 23.0 Å². The van der Waals surface area contributed by atoms with Gasteiger partial charge in [-0.25, -0.2) is 9.97 Å². The third kappa shape index (κ3) is 4.14. The number of morpholine rings is 1. The van der Waals surface area contributed by atoms with Crippen molar-refractivity contribution in [2.24, 2.45) is 0 Å². The van der Waals surface area contributed by atoms with Crippen LogP contribution in [0.5, 0.6) is 0 Å². The van der Waals surface area contributed by atoms with Crippen molar-refractivity contribution in [3.8, 4) is 0 Å². The molecule has 2 N–H and O–H groups in total. The van der Waals surface area contributed by atoms with Crippen molar-refractivity contribution in [2.75, 3.05) is 48.4 Å². The van der Waals surface area contributed by atoms with E-state index in [1.165, 1.54) is 5.69 Å². The van der Waals surface area contributed by atoms with Crippen LogP contribution in [-0.2, 0) is 4.74 Å². The maximum atomic E-state index is 5.46. The van der Waals surface area contributed by atoms with Crippen LogP contribution in [-0.4, -0.2) is 42.8 Å². The van der Waals surface area contributed by atoms with Crippen molar-refractivity contribution < 1.29 is 4.74 Å². The Morgan fingerprint density at radius 3 is 2.67 bits per heavy atom. The SMILES string of the molecule is CCCNc1cc(Nc2ccccc2N2CCOCC2)nc(C)n1. The molecule has 1 aliphatic heterocycles. The molecule has 2 aromatic rings. The zero-order valence-corrected chi connectivity index (χ0v) is 14.4. The Morgan fingerprint density at radius 1 is 1.12 bits per heavy atom. The highest BCUT2D eigenvalue weighted by atomic mass is 16.5. The van der Waals surface area contributed by atoms with Crippen molar-refractivity contribution in [3.05, 3.63) is 36.2 Å². The van der Waals surface area contributed by atoms with E-state index in [9.17, 15) is 0 Å². The van der Waals surface area contributed by atoms with Crippen LogP contribution >= 0.6 is 0 Å². The highest BCUT2D eigenvalue weighted by Gasteiger charge is 2.15. The van der Waals surface area contributed by atoms with Crippen LogP contribution in [0.4, 0.5) is 23.0 Å². The monoisotopic (exact) mass is 327 g/mol. The highest BCUT2D eigenvalue weighted by Crippen LogP contribution is 2.29. The number of nitrogens with one attached hydrogen (secondary N) is 2. The van der Waals surface area contributed by atoms with E-state index in [4.69, 9.17) is 4.74 Å². The third-order valence-corrected chi connectivity index (χ3v) is 3.91. The Bertz CT molecular complexity index is 670. The summed E-state index contributed by atoms with van der Waals surface area (Å²) in [5.41, 5.74) is 2.24. The van der Waals surface area contributed by atoms with Gasteiger partial charge in [0.2, 0.25) is 0 Å². The molecule has 2 heterocycles. The predicted octanol–water partition coefficient (Wildman–Crippen LogP) is 3.19. The van der Waals surface area contributed by atoms with E-state index in [0.717, 1.165) is 62.4 Å². The van der Waals surface area contributed by atoms with Gasteiger partial charge in [-0.05, 0) is 25.5 Å². The summed E-state index contributed by atoms with van der Waals surface area (Å²) in [5, 5.41) is 6.78. The summed E-state index contributed by atoms with van der Waals surface area (Å²) in [6.07, 6.45) is 1.06. The van der Waals surface area contributed by atoms with Gasteiger partial charge in [0.25, 0.3) is 0 Å². The van der Waals surface area contributed by atoms with Crippen LogP contribution in [0, 0.1) is 6.92 Å². The van der Waals surface area contributed by atoms with Gasteiger partial charge in [0.15, 0.2) is 0 Å². The summed E-state index contributed by atoms with van der Waals surface area (Å²) in [7, 11) is 0. The number of anilines is 4. The summed E-state index contributed by atoms with van der Waals surface area (Å²) in [5.74, 6) is 2.42. The van der Waals surface area contributed by atoms with E-state index in [1.54, 1.807) is 0 Å². The van der Waals surface area contributed by atoms with E-state index in [-0.39, 0.29) is 0 Å². The Hall–Kier alpha value is -2.34. The second kappa shape index (κ2) is 7.97. The second-order valence-electron chi connectivity index (χ2n) is 5.85. The van der Waals surface area contributed by atoms with Crippen molar-refractivity contribution in [1.29, 1.82) is 0 Å². The molecule has 0 bridgehead atoms. The van der Waals surface area contributed by atoms with E-state index in [2.05, 4.69) is 50.6 Å². The lowest BCUT2D eigenvalue weighted by Crippen LogP contribution is -2.36. The van der Waals surface area contributed by atoms with Gasteiger partial charge in [0.1, 0.15) is 17.5 Å². The molecule has 128 valence electrons. The fraction of sp³-hybridized carbons (Fsp3) is 0.444. The average Bonchev–Trinajstić information content (AvgIpc) is 2.61. The normalized spacial score (nSPS) is 14.5. The lowest BCUT2D eigenvalue weighted by molar-refractivity contribution is 0.123. The minimum absolute atomic E-state index is 0.752. The zero-order valence-electron chi connectivity index (χ0n) is 14.4. The first-order chi connectivity index (χ1) is 11.8. The Morgan fingerprint density at radius 2 is 1.88 bits per heavy atom. The molecular weight excluding hydrogens is 302 g/mol. The van der Waals surface area contributed by atoms with E-state index in [0.29, 0.717) is 0 Å². The summed E-state index contributed by atoms with van der Waals surface area (Å²) in [4.78, 5) is 11.3. The smallest absolute Gasteiger partial charge is 0.136 e. The summed E-state index contributed by atoms with van der Waals surface area (Å²) in [6, 6.07) is 10.3. The summed E-state index contributed by atoms with van der Waals surface area (Å²) in [6.45, 7) is 8.31. The van der Waals surface area contributed by atoms with Crippen molar-refractivity contribution in [1.82, 2.24) is 9.97 Å². The molecule has 1 fully saturated rings. The molecule has 1 saturated heterocycles. The van der Waals surface area contributed by atoms with E-state index >= 15 is 0 Å². The van der Waals surface area contributed by atoms with Gasteiger partial charge in [-0.3, -0.25) is 0 Å². The van der Waals surface area contributed by atoms with Crippen LogP contribution in [0.15, 0.2) is 30.3 Å². The molecule has 6 nitrogen and oxygen atoms in total. The molecule has 3 rings (SSSR count). The summed E-state index contributed by atoms with van der Waals surface area (Å²) < 4.78 is 5.46. The van der Waals surface area contributed by atoms with Gasteiger partial charge in [0.05, 0.1) is 24.6 Å². The van der Waals surface area contributed by atoms with Gasteiger partial charge in [-0.15, -0.1) is 0 Å². The minimum Gasteiger partial charge on any atom is -0.378 e. The number of rotatable bonds is 6. The van der Waals surface area contributed by atoms with Gasteiger partial charge in [-0.2, -0.15) is 0 Å². The number of nitrogens with zero attached hydrogens (tertiary/aromatic N) is 3. The molecule has 6 heteroatoms. The number of para-hydroxylation sites is 2. The lowest BCUT2D eigenvalue weighted by Gasteiger charge is -2.30. The molecule has 0 amide bonds. The highest BCUT2D eigenvalue weighted by molar-refractivity contribution is 5.74. The molecule has 0 unspecified atom stereocenters. The van der Waals surface area contributed by atoms with Crippen LogP contribution in [0.2, 0.25) is 0 Å². The molecule has 0 aliphatic carbocycles. The van der Waals surface area contributed by atoms with Gasteiger partial charge < -0.3 is 20.3 Å². The van der Waals surface area contributed by atoms with Crippen LogP contribution in [0.25, 0.3) is 0 Å². The van der Waals surface area contributed by atoms with Crippen LogP contribution < -0.4 is 15.5 Å². The molecule has 0 spiro atoms. The Kier molecular flexibility index (Phi) is 5.48. The molecule has 0 saturated carbocycles. The average molecular weight is 327 g/mol. The molecule has 1 aromatic carbocycles. The van der Waals surface area contributed by atoms with Gasteiger partial charge in [-0.1, -0.05) is 19.1 Å². The van der Waals surface area contributed by atoms with E-state index in [1.807, 2.05) is 19.1 Å². The quantitative estimate of drug-likeness (QED) is 0.850. The fourth-order valence-electron chi connectivity index (χ4n) is 2.77. The van der Waals surface area contributed by atoms with Crippen LogP contribution in [0.3, 0.4) is 0 Å². The number of hydrogen-bond donors (Lipinski definition) is 2. The largest absolute Gasteiger partial charge is 0.378 e. The number of aromatic nitrogens is 2. The maximum Gasteiger partial charge on any atom is 0.136 e. The molecular formula is C18H25N5O. The standard InChI is InChI=1S/C18H25N5O/c1-3-8-19-17-13-18(21-14(2)20-17)22-15-6-4-5-7-16(15)23-9-11-24-12-10-23/h4-7,13H,3,8-12H2,1-2H3,(H2,19,20,21,22). The predicted molar refractivity (Wildman–Crippen MR) is 98.3 cm³/mol. The fourth-order valence-corrected chi connectivity index (χ4v) is 2.77. The topological polar surface area (TPSA) is 62.3 Å². The number of hydrogen-bond acceptors (Lipinski definition) is 6. The second-order valence-corrected chi connectivity index (χ2v) is 5.85. The summed E-state index contributed by atoms with van der Waals surface area (Å²) >= 11 is 0. The first-order valence-corrected chi connectivity index (χ1v) is 8.54. The first-order valence-electron chi connectivity index (χ1n) is 8.54.